The molecule has 0 bridgehead atoms. The Labute approximate surface area is 94.9 Å². The number of nitrogens with one attached hydrogen (secondary N) is 1. The van der Waals surface area contributed by atoms with Gasteiger partial charge in [-0.05, 0) is 30.7 Å². The van der Waals surface area contributed by atoms with Gasteiger partial charge in [0, 0.05) is 17.8 Å². The number of rotatable bonds is 3. The van der Waals surface area contributed by atoms with Gasteiger partial charge < -0.3 is 5.32 Å². The lowest BCUT2D eigenvalue weighted by Crippen LogP contribution is -2.01. The van der Waals surface area contributed by atoms with Crippen molar-refractivity contribution < 1.29 is 4.39 Å². The lowest BCUT2D eigenvalue weighted by molar-refractivity contribution is 0.613. The van der Waals surface area contributed by atoms with E-state index >= 15 is 0 Å². The molecule has 2 rings (SSSR count). The van der Waals surface area contributed by atoms with Crippen LogP contribution in [-0.4, -0.2) is 0 Å². The second-order valence-corrected chi connectivity index (χ2v) is 3.81. The van der Waals surface area contributed by atoms with Crippen molar-refractivity contribution in [2.45, 2.75) is 13.5 Å². The molecule has 2 heteroatoms. The minimum atomic E-state index is -0.164. The molecule has 0 unspecified atom stereocenters. The van der Waals surface area contributed by atoms with E-state index in [1.54, 1.807) is 12.1 Å². The third kappa shape index (κ3) is 2.60. The number of aryl methyl sites for hydroxylation is 1. The Hall–Kier alpha value is -1.83. The van der Waals surface area contributed by atoms with Crippen LogP contribution in [-0.2, 0) is 6.54 Å². The highest BCUT2D eigenvalue weighted by atomic mass is 19.1. The van der Waals surface area contributed by atoms with Crippen LogP contribution in [0.3, 0.4) is 0 Å². The molecule has 0 saturated carbocycles. The second kappa shape index (κ2) is 4.79. The maximum atomic E-state index is 13.3. The molecule has 1 N–H and O–H groups in total. The molecular formula is C14H14FN. The van der Waals surface area contributed by atoms with Gasteiger partial charge >= 0.3 is 0 Å². The van der Waals surface area contributed by atoms with Crippen molar-refractivity contribution in [2.24, 2.45) is 0 Å². The summed E-state index contributed by atoms with van der Waals surface area (Å²) < 4.78 is 13.3. The lowest BCUT2D eigenvalue weighted by Gasteiger charge is -2.07. The van der Waals surface area contributed by atoms with Crippen LogP contribution in [0.4, 0.5) is 10.1 Å². The molecular weight excluding hydrogens is 201 g/mol. The van der Waals surface area contributed by atoms with E-state index in [-0.39, 0.29) is 5.82 Å². The molecule has 0 atom stereocenters. The molecule has 0 aliphatic rings. The second-order valence-electron chi connectivity index (χ2n) is 3.81. The summed E-state index contributed by atoms with van der Waals surface area (Å²) in [5, 5.41) is 3.20. The van der Waals surface area contributed by atoms with E-state index in [1.807, 2.05) is 37.3 Å². The number of hydrogen-bond acceptors (Lipinski definition) is 1. The number of hydrogen-bond donors (Lipinski definition) is 1. The van der Waals surface area contributed by atoms with Gasteiger partial charge in [-0.25, -0.2) is 4.39 Å². The Bertz CT molecular complexity index is 480. The minimum absolute atomic E-state index is 0.164. The van der Waals surface area contributed by atoms with E-state index in [0.717, 1.165) is 5.69 Å². The topological polar surface area (TPSA) is 12.0 Å². The standard InChI is InChI=1S/C14H14FN/c1-11-5-4-7-13(9-11)16-10-12-6-2-3-8-14(12)15/h2-9,16H,10H2,1H3. The zero-order valence-electron chi connectivity index (χ0n) is 9.20. The van der Waals surface area contributed by atoms with E-state index in [0.29, 0.717) is 12.1 Å². The summed E-state index contributed by atoms with van der Waals surface area (Å²) in [6.07, 6.45) is 0. The maximum Gasteiger partial charge on any atom is 0.128 e. The molecule has 0 amide bonds. The minimum Gasteiger partial charge on any atom is -0.381 e. The normalized spacial score (nSPS) is 10.1. The van der Waals surface area contributed by atoms with Gasteiger partial charge in [0.05, 0.1) is 0 Å². The van der Waals surface area contributed by atoms with Gasteiger partial charge in [0.2, 0.25) is 0 Å². The first kappa shape index (κ1) is 10.7. The third-order valence-corrected chi connectivity index (χ3v) is 2.46. The molecule has 16 heavy (non-hydrogen) atoms. The van der Waals surface area contributed by atoms with Gasteiger partial charge in [0.25, 0.3) is 0 Å². The third-order valence-electron chi connectivity index (χ3n) is 2.46. The summed E-state index contributed by atoms with van der Waals surface area (Å²) in [4.78, 5) is 0. The molecule has 0 saturated heterocycles. The highest BCUT2D eigenvalue weighted by Gasteiger charge is 1.99. The van der Waals surface area contributed by atoms with Gasteiger partial charge in [-0.3, -0.25) is 0 Å². The fraction of sp³-hybridized carbons (Fsp3) is 0.143. The molecule has 0 radical (unpaired) electrons. The van der Waals surface area contributed by atoms with Crippen molar-refractivity contribution in [1.29, 1.82) is 0 Å². The molecule has 0 spiro atoms. The Balaban J connectivity index is 2.05. The predicted molar refractivity (Wildman–Crippen MR) is 64.9 cm³/mol. The van der Waals surface area contributed by atoms with Crippen LogP contribution in [0.25, 0.3) is 0 Å². The fourth-order valence-electron chi connectivity index (χ4n) is 1.59. The molecule has 2 aromatic carbocycles. The molecule has 82 valence electrons. The smallest absolute Gasteiger partial charge is 0.128 e. The van der Waals surface area contributed by atoms with E-state index in [1.165, 1.54) is 11.6 Å². The monoisotopic (exact) mass is 215 g/mol. The summed E-state index contributed by atoms with van der Waals surface area (Å²) in [6.45, 7) is 2.55. The Morgan fingerprint density at radius 1 is 1.06 bits per heavy atom. The number of anilines is 1. The van der Waals surface area contributed by atoms with E-state index in [9.17, 15) is 4.39 Å². The summed E-state index contributed by atoms with van der Waals surface area (Å²) >= 11 is 0. The lowest BCUT2D eigenvalue weighted by atomic mass is 10.2. The van der Waals surface area contributed by atoms with Gasteiger partial charge in [0.15, 0.2) is 0 Å². The molecule has 0 aromatic heterocycles. The van der Waals surface area contributed by atoms with Crippen molar-refractivity contribution in [2.75, 3.05) is 5.32 Å². The largest absolute Gasteiger partial charge is 0.381 e. The number of halogens is 1. The first-order chi connectivity index (χ1) is 7.75. The molecule has 0 heterocycles. The SMILES string of the molecule is Cc1cccc(NCc2ccccc2F)c1. The van der Waals surface area contributed by atoms with Crippen molar-refractivity contribution in [3.05, 3.63) is 65.5 Å². The highest BCUT2D eigenvalue weighted by Crippen LogP contribution is 2.12. The summed E-state index contributed by atoms with van der Waals surface area (Å²) in [6, 6.07) is 14.9. The zero-order valence-corrected chi connectivity index (χ0v) is 9.20. The Kier molecular flexibility index (Phi) is 3.20. The van der Waals surface area contributed by atoms with Gasteiger partial charge in [0.1, 0.15) is 5.82 Å². The fourth-order valence-corrected chi connectivity index (χ4v) is 1.59. The van der Waals surface area contributed by atoms with Crippen LogP contribution in [0.1, 0.15) is 11.1 Å². The van der Waals surface area contributed by atoms with Crippen LogP contribution in [0, 0.1) is 12.7 Å². The van der Waals surface area contributed by atoms with E-state index in [2.05, 4.69) is 5.32 Å². The molecule has 1 nitrogen and oxygen atoms in total. The van der Waals surface area contributed by atoms with Gasteiger partial charge in [-0.15, -0.1) is 0 Å². The van der Waals surface area contributed by atoms with Crippen molar-refractivity contribution >= 4 is 5.69 Å². The van der Waals surface area contributed by atoms with Crippen LogP contribution >= 0.6 is 0 Å². The Morgan fingerprint density at radius 3 is 2.62 bits per heavy atom. The summed E-state index contributed by atoms with van der Waals surface area (Å²) in [5.74, 6) is -0.164. The highest BCUT2D eigenvalue weighted by molar-refractivity contribution is 5.45. The molecule has 0 fully saturated rings. The van der Waals surface area contributed by atoms with Gasteiger partial charge in [-0.1, -0.05) is 30.3 Å². The first-order valence-electron chi connectivity index (χ1n) is 5.29. The van der Waals surface area contributed by atoms with Crippen LogP contribution in [0.15, 0.2) is 48.5 Å². The number of benzene rings is 2. The zero-order chi connectivity index (χ0) is 11.4. The average molecular weight is 215 g/mol. The van der Waals surface area contributed by atoms with Gasteiger partial charge in [-0.2, -0.15) is 0 Å². The van der Waals surface area contributed by atoms with Crippen LogP contribution in [0.2, 0.25) is 0 Å². The van der Waals surface area contributed by atoms with Crippen LogP contribution < -0.4 is 5.32 Å². The maximum absolute atomic E-state index is 13.3. The first-order valence-corrected chi connectivity index (χ1v) is 5.29. The Morgan fingerprint density at radius 2 is 1.88 bits per heavy atom. The van der Waals surface area contributed by atoms with Crippen molar-refractivity contribution in [3.63, 3.8) is 0 Å². The van der Waals surface area contributed by atoms with E-state index < -0.39 is 0 Å². The van der Waals surface area contributed by atoms with Crippen molar-refractivity contribution in [1.82, 2.24) is 0 Å². The van der Waals surface area contributed by atoms with Crippen molar-refractivity contribution in [3.8, 4) is 0 Å². The molecule has 0 aliphatic carbocycles. The predicted octanol–water partition coefficient (Wildman–Crippen LogP) is 3.75. The quantitative estimate of drug-likeness (QED) is 0.822. The molecule has 2 aromatic rings. The van der Waals surface area contributed by atoms with Crippen LogP contribution in [0.5, 0.6) is 0 Å². The summed E-state index contributed by atoms with van der Waals surface area (Å²) in [5.41, 5.74) is 2.89. The average Bonchev–Trinajstić information content (AvgIpc) is 2.28. The van der Waals surface area contributed by atoms with E-state index in [4.69, 9.17) is 0 Å². The molecule has 0 aliphatic heterocycles. The summed E-state index contributed by atoms with van der Waals surface area (Å²) in [7, 11) is 0.